The molecule has 2 rings (SSSR count). The first-order chi connectivity index (χ1) is 10.7. The van der Waals surface area contributed by atoms with Crippen molar-refractivity contribution in [1.29, 1.82) is 0 Å². The van der Waals surface area contributed by atoms with Crippen LogP contribution in [-0.4, -0.2) is 18.3 Å². The minimum absolute atomic E-state index is 0.0477. The van der Waals surface area contributed by atoms with Crippen LogP contribution in [0, 0.1) is 0 Å². The first-order valence-electron chi connectivity index (χ1n) is 7.25. The molecule has 0 aliphatic heterocycles. The Morgan fingerprint density at radius 1 is 1.00 bits per heavy atom. The lowest BCUT2D eigenvalue weighted by Gasteiger charge is -2.08. The van der Waals surface area contributed by atoms with E-state index in [0.29, 0.717) is 24.3 Å². The van der Waals surface area contributed by atoms with Gasteiger partial charge in [0.15, 0.2) is 12.4 Å². The van der Waals surface area contributed by atoms with Gasteiger partial charge in [-0.15, -0.1) is 0 Å². The van der Waals surface area contributed by atoms with E-state index in [9.17, 15) is 9.59 Å². The Kier molecular flexibility index (Phi) is 5.72. The molecule has 0 fully saturated rings. The Balaban J connectivity index is 1.77. The number of carbonyl (C=O) groups excluding carboxylic acids is 2. The second kappa shape index (κ2) is 7.98. The highest BCUT2D eigenvalue weighted by atomic mass is 16.5. The Labute approximate surface area is 130 Å². The molecule has 0 saturated carbocycles. The molecule has 4 nitrogen and oxygen atoms in total. The Morgan fingerprint density at radius 3 is 2.32 bits per heavy atom. The van der Waals surface area contributed by atoms with Gasteiger partial charge in [-0.1, -0.05) is 37.3 Å². The van der Waals surface area contributed by atoms with Crippen molar-refractivity contribution in [1.82, 2.24) is 5.32 Å². The van der Waals surface area contributed by atoms with E-state index in [4.69, 9.17) is 4.74 Å². The van der Waals surface area contributed by atoms with Crippen LogP contribution in [0.1, 0.15) is 29.3 Å². The van der Waals surface area contributed by atoms with Crippen molar-refractivity contribution >= 4 is 11.7 Å². The van der Waals surface area contributed by atoms with Crippen molar-refractivity contribution < 1.29 is 14.3 Å². The number of hydrogen-bond donors (Lipinski definition) is 1. The highest BCUT2D eigenvalue weighted by molar-refractivity contribution is 5.95. The van der Waals surface area contributed by atoms with E-state index in [-0.39, 0.29) is 18.3 Å². The number of rotatable bonds is 7. The zero-order valence-corrected chi connectivity index (χ0v) is 12.5. The molecule has 4 heteroatoms. The third-order valence-electron chi connectivity index (χ3n) is 3.20. The molecular formula is C18H19NO3. The molecule has 2 aromatic carbocycles. The molecule has 0 aliphatic rings. The third kappa shape index (κ3) is 4.74. The molecule has 0 saturated heterocycles. The molecule has 0 aromatic heterocycles. The number of Topliss-reactive ketones (excluding diaryl/α,β-unsaturated/α-hetero) is 1. The molecule has 22 heavy (non-hydrogen) atoms. The van der Waals surface area contributed by atoms with Gasteiger partial charge in [0.1, 0.15) is 5.75 Å². The molecule has 114 valence electrons. The van der Waals surface area contributed by atoms with E-state index >= 15 is 0 Å². The maximum absolute atomic E-state index is 11.7. The van der Waals surface area contributed by atoms with Crippen molar-refractivity contribution in [3.8, 4) is 5.75 Å². The Hall–Kier alpha value is -2.62. The first-order valence-corrected chi connectivity index (χ1v) is 7.25. The number of carbonyl (C=O) groups is 2. The fourth-order valence-corrected chi connectivity index (χ4v) is 1.94. The zero-order valence-electron chi connectivity index (χ0n) is 12.5. The maximum Gasteiger partial charge on any atom is 0.258 e. The smallest absolute Gasteiger partial charge is 0.258 e. The predicted octanol–water partition coefficient (Wildman–Crippen LogP) is 2.97. The van der Waals surface area contributed by atoms with E-state index in [1.54, 1.807) is 24.3 Å². The van der Waals surface area contributed by atoms with E-state index in [1.807, 2.05) is 37.3 Å². The molecule has 0 radical (unpaired) electrons. The van der Waals surface area contributed by atoms with Gasteiger partial charge in [0, 0.05) is 18.5 Å². The highest BCUT2D eigenvalue weighted by Crippen LogP contribution is 2.13. The second-order valence-electron chi connectivity index (χ2n) is 4.85. The lowest BCUT2D eigenvalue weighted by atomic mass is 10.1. The number of nitrogens with one attached hydrogen (secondary N) is 1. The van der Waals surface area contributed by atoms with Crippen LogP contribution in [0.15, 0.2) is 54.6 Å². The van der Waals surface area contributed by atoms with Crippen LogP contribution in [0.25, 0.3) is 0 Å². The number of amides is 1. The first kappa shape index (κ1) is 15.8. The molecule has 1 N–H and O–H groups in total. The van der Waals surface area contributed by atoms with Gasteiger partial charge in [-0.25, -0.2) is 0 Å². The van der Waals surface area contributed by atoms with Crippen molar-refractivity contribution in [3.05, 3.63) is 65.7 Å². The SMILES string of the molecule is CCC(=O)c1ccc(OCC(=O)NCc2ccccc2)cc1. The van der Waals surface area contributed by atoms with Gasteiger partial charge in [-0.05, 0) is 29.8 Å². The van der Waals surface area contributed by atoms with Crippen LogP contribution in [0.4, 0.5) is 0 Å². The molecule has 0 atom stereocenters. The third-order valence-corrected chi connectivity index (χ3v) is 3.20. The van der Waals surface area contributed by atoms with Gasteiger partial charge < -0.3 is 10.1 Å². The number of hydrogen-bond acceptors (Lipinski definition) is 3. The minimum Gasteiger partial charge on any atom is -0.484 e. The average molecular weight is 297 g/mol. The molecule has 0 unspecified atom stereocenters. The fraction of sp³-hybridized carbons (Fsp3) is 0.222. The standard InChI is InChI=1S/C18H19NO3/c1-2-17(20)15-8-10-16(11-9-15)22-13-18(21)19-12-14-6-4-3-5-7-14/h3-11H,2,12-13H2,1H3,(H,19,21). The van der Waals surface area contributed by atoms with Gasteiger partial charge in [-0.3, -0.25) is 9.59 Å². The average Bonchev–Trinajstić information content (AvgIpc) is 2.58. The van der Waals surface area contributed by atoms with E-state index in [2.05, 4.69) is 5.32 Å². The summed E-state index contributed by atoms with van der Waals surface area (Å²) < 4.78 is 5.40. The number of ether oxygens (including phenoxy) is 1. The molecule has 2 aromatic rings. The second-order valence-corrected chi connectivity index (χ2v) is 4.85. The van der Waals surface area contributed by atoms with Gasteiger partial charge in [0.25, 0.3) is 5.91 Å². The summed E-state index contributed by atoms with van der Waals surface area (Å²) in [4.78, 5) is 23.2. The maximum atomic E-state index is 11.7. The number of benzene rings is 2. The van der Waals surface area contributed by atoms with Crippen LogP contribution in [0.5, 0.6) is 5.75 Å². The van der Waals surface area contributed by atoms with E-state index in [1.165, 1.54) is 0 Å². The summed E-state index contributed by atoms with van der Waals surface area (Å²) in [5, 5.41) is 2.79. The summed E-state index contributed by atoms with van der Waals surface area (Å²) in [6.07, 6.45) is 0.474. The van der Waals surface area contributed by atoms with Crippen LogP contribution in [0.2, 0.25) is 0 Å². The van der Waals surface area contributed by atoms with Crippen molar-refractivity contribution in [2.24, 2.45) is 0 Å². The van der Waals surface area contributed by atoms with Gasteiger partial charge >= 0.3 is 0 Å². The fourth-order valence-electron chi connectivity index (χ4n) is 1.94. The minimum atomic E-state index is -0.183. The monoisotopic (exact) mass is 297 g/mol. The van der Waals surface area contributed by atoms with E-state index < -0.39 is 0 Å². The predicted molar refractivity (Wildman–Crippen MR) is 84.8 cm³/mol. The number of ketones is 1. The van der Waals surface area contributed by atoms with E-state index in [0.717, 1.165) is 5.56 Å². The largest absolute Gasteiger partial charge is 0.484 e. The molecule has 0 bridgehead atoms. The molecule has 0 spiro atoms. The summed E-state index contributed by atoms with van der Waals surface area (Å²) in [6, 6.07) is 16.5. The normalized spacial score (nSPS) is 10.0. The van der Waals surface area contributed by atoms with Gasteiger partial charge in [0.2, 0.25) is 0 Å². The van der Waals surface area contributed by atoms with Crippen molar-refractivity contribution in [3.63, 3.8) is 0 Å². The van der Waals surface area contributed by atoms with Crippen molar-refractivity contribution in [2.45, 2.75) is 19.9 Å². The summed E-state index contributed by atoms with van der Waals surface area (Å²) in [5.74, 6) is 0.479. The molecule has 1 amide bonds. The van der Waals surface area contributed by atoms with Crippen LogP contribution < -0.4 is 10.1 Å². The molecule has 0 heterocycles. The highest BCUT2D eigenvalue weighted by Gasteiger charge is 2.05. The topological polar surface area (TPSA) is 55.4 Å². The lowest BCUT2D eigenvalue weighted by Crippen LogP contribution is -2.28. The van der Waals surface area contributed by atoms with Crippen molar-refractivity contribution in [2.75, 3.05) is 6.61 Å². The Bertz CT molecular complexity index is 621. The van der Waals surface area contributed by atoms with Gasteiger partial charge in [0.05, 0.1) is 0 Å². The molecule has 0 aliphatic carbocycles. The van der Waals surface area contributed by atoms with Crippen LogP contribution in [-0.2, 0) is 11.3 Å². The summed E-state index contributed by atoms with van der Waals surface area (Å²) in [5.41, 5.74) is 1.70. The van der Waals surface area contributed by atoms with Crippen LogP contribution >= 0.6 is 0 Å². The lowest BCUT2D eigenvalue weighted by molar-refractivity contribution is -0.123. The van der Waals surface area contributed by atoms with Gasteiger partial charge in [-0.2, -0.15) is 0 Å². The summed E-state index contributed by atoms with van der Waals surface area (Å²) in [7, 11) is 0. The zero-order chi connectivity index (χ0) is 15.8. The summed E-state index contributed by atoms with van der Waals surface area (Å²) in [6.45, 7) is 2.25. The van der Waals surface area contributed by atoms with Crippen LogP contribution in [0.3, 0.4) is 0 Å². The molecular weight excluding hydrogens is 278 g/mol. The summed E-state index contributed by atoms with van der Waals surface area (Å²) >= 11 is 0. The Morgan fingerprint density at radius 2 is 1.68 bits per heavy atom. The quantitative estimate of drug-likeness (QED) is 0.799.